The van der Waals surface area contributed by atoms with Crippen molar-refractivity contribution in [2.75, 3.05) is 25.0 Å². The monoisotopic (exact) mass is 548 g/mol. The predicted molar refractivity (Wildman–Crippen MR) is 120 cm³/mol. The van der Waals surface area contributed by atoms with Gasteiger partial charge in [-0.25, -0.2) is 8.42 Å². The Balaban J connectivity index is 0.00000420. The summed E-state index contributed by atoms with van der Waals surface area (Å²) < 4.78 is 61.3. The average molecular weight is 548 g/mol. The quantitative estimate of drug-likeness (QED) is 0.323. The van der Waals surface area contributed by atoms with E-state index < -0.39 is 15.5 Å². The van der Waals surface area contributed by atoms with Gasteiger partial charge in [0.05, 0.1) is 0 Å². The van der Waals surface area contributed by atoms with Crippen LogP contribution < -0.4 is 11.1 Å². The number of nitrogens with one attached hydrogen (secondary N) is 1. The zero-order chi connectivity index (χ0) is 20.9. The molecule has 1 aromatic carbocycles. The molecule has 0 amide bonds. The maximum atomic E-state index is 12.6. The Morgan fingerprint density at radius 3 is 2.17 bits per heavy atom. The Kier molecular flexibility index (Phi) is 9.67. The number of hydrogen-bond donors (Lipinski definition) is 2. The molecule has 29 heavy (non-hydrogen) atoms. The van der Waals surface area contributed by atoms with Crippen molar-refractivity contribution < 1.29 is 21.6 Å². The lowest BCUT2D eigenvalue weighted by molar-refractivity contribution is -0.0496. The van der Waals surface area contributed by atoms with E-state index in [1.165, 1.54) is 0 Å². The van der Waals surface area contributed by atoms with Crippen LogP contribution in [-0.4, -0.2) is 43.8 Å². The summed E-state index contributed by atoms with van der Waals surface area (Å²) in [4.78, 5) is 4.32. The highest BCUT2D eigenvalue weighted by Gasteiger charge is 2.50. The van der Waals surface area contributed by atoms with Crippen molar-refractivity contribution in [3.05, 3.63) is 29.3 Å². The van der Waals surface area contributed by atoms with Crippen molar-refractivity contribution in [2.24, 2.45) is 16.6 Å². The highest BCUT2D eigenvalue weighted by Crippen LogP contribution is 2.30. The Hall–Kier alpha value is -1.08. The Morgan fingerprint density at radius 2 is 1.72 bits per heavy atom. The molecule has 0 aromatic heterocycles. The summed E-state index contributed by atoms with van der Waals surface area (Å²) in [5, 5.41) is 3.15. The number of aliphatic imine (C=N–C) groups is 1. The van der Waals surface area contributed by atoms with Gasteiger partial charge in [-0.3, -0.25) is 4.99 Å². The molecule has 1 fully saturated rings. The molecule has 3 N–H and O–H groups in total. The van der Waals surface area contributed by atoms with Gasteiger partial charge in [-0.05, 0) is 42.7 Å². The number of guanidine groups is 1. The van der Waals surface area contributed by atoms with E-state index in [2.05, 4.69) is 24.2 Å². The van der Waals surface area contributed by atoms with Gasteiger partial charge in [0.1, 0.15) is 0 Å². The predicted octanol–water partition coefficient (Wildman–Crippen LogP) is 3.72. The molecule has 6 nitrogen and oxygen atoms in total. The largest absolute Gasteiger partial charge is 0.511 e. The van der Waals surface area contributed by atoms with E-state index in [0.29, 0.717) is 23.7 Å². The van der Waals surface area contributed by atoms with Crippen LogP contribution in [0.2, 0.25) is 0 Å². The third-order valence-corrected chi connectivity index (χ3v) is 6.61. The van der Waals surface area contributed by atoms with Crippen LogP contribution in [-0.2, 0) is 22.9 Å². The van der Waals surface area contributed by atoms with Gasteiger partial charge in [-0.1, -0.05) is 32.0 Å². The standard InChI is InChI=1S/C18H27F3N4O2S.HI/c1-3-14-6-5-7-15(4-2)16(14)24-17(22)23-12-13-8-10-25(11-9-13)28(26,27)18(19,20)21;/h5-7,13H,3-4,8-12H2,1-2H3,(H3,22,23,24);1H. The summed E-state index contributed by atoms with van der Waals surface area (Å²) in [7, 11) is -5.25. The molecule has 1 aromatic rings. The highest BCUT2D eigenvalue weighted by atomic mass is 127. The van der Waals surface area contributed by atoms with Crippen molar-refractivity contribution in [1.82, 2.24) is 4.31 Å². The van der Waals surface area contributed by atoms with Crippen molar-refractivity contribution >= 4 is 45.6 Å². The second-order valence-electron chi connectivity index (χ2n) is 6.80. The minimum Gasteiger partial charge on any atom is -0.370 e. The number of para-hydroxylation sites is 1. The van der Waals surface area contributed by atoms with E-state index in [4.69, 9.17) is 5.73 Å². The summed E-state index contributed by atoms with van der Waals surface area (Å²) in [6, 6.07) is 6.04. The zero-order valence-corrected chi connectivity index (χ0v) is 19.6. The first-order chi connectivity index (χ1) is 13.1. The van der Waals surface area contributed by atoms with Crippen LogP contribution in [0.3, 0.4) is 0 Å². The van der Waals surface area contributed by atoms with E-state index in [-0.39, 0.29) is 48.9 Å². The van der Waals surface area contributed by atoms with Gasteiger partial charge in [0.25, 0.3) is 0 Å². The second-order valence-corrected chi connectivity index (χ2v) is 8.73. The normalized spacial score (nSPS) is 17.1. The maximum absolute atomic E-state index is 12.6. The first-order valence-corrected chi connectivity index (χ1v) is 10.8. The number of nitrogens with zero attached hydrogens (tertiary/aromatic N) is 2. The Labute approximate surface area is 187 Å². The molecule has 11 heteroatoms. The summed E-state index contributed by atoms with van der Waals surface area (Å²) >= 11 is 0. The van der Waals surface area contributed by atoms with Crippen LogP contribution in [0.25, 0.3) is 0 Å². The molecule has 1 aliphatic rings. The first-order valence-electron chi connectivity index (χ1n) is 9.34. The fraction of sp³-hybridized carbons (Fsp3) is 0.611. The van der Waals surface area contributed by atoms with Gasteiger partial charge in [0.2, 0.25) is 0 Å². The minimum absolute atomic E-state index is 0. The molecule has 0 atom stereocenters. The van der Waals surface area contributed by atoms with Crippen molar-refractivity contribution in [3.63, 3.8) is 0 Å². The minimum atomic E-state index is -5.25. The number of nitrogens with two attached hydrogens (primary N) is 1. The Morgan fingerprint density at radius 1 is 1.21 bits per heavy atom. The van der Waals surface area contributed by atoms with E-state index in [0.717, 1.165) is 29.7 Å². The molecular weight excluding hydrogens is 520 g/mol. The van der Waals surface area contributed by atoms with Gasteiger partial charge in [0, 0.05) is 25.3 Å². The lowest BCUT2D eigenvalue weighted by Crippen LogP contribution is -2.45. The van der Waals surface area contributed by atoms with E-state index in [1.54, 1.807) is 0 Å². The van der Waals surface area contributed by atoms with Crippen LogP contribution in [0, 0.1) is 5.92 Å². The highest BCUT2D eigenvalue weighted by molar-refractivity contribution is 14.0. The van der Waals surface area contributed by atoms with Crippen LogP contribution in [0.4, 0.5) is 18.9 Å². The number of piperidine rings is 1. The van der Waals surface area contributed by atoms with Crippen molar-refractivity contribution in [3.8, 4) is 0 Å². The molecular formula is C18H28F3IN4O2S. The fourth-order valence-corrected chi connectivity index (χ4v) is 4.26. The zero-order valence-electron chi connectivity index (χ0n) is 16.5. The van der Waals surface area contributed by atoms with Crippen LogP contribution in [0.1, 0.15) is 37.8 Å². The molecule has 166 valence electrons. The second kappa shape index (κ2) is 10.8. The van der Waals surface area contributed by atoms with Crippen LogP contribution in [0.5, 0.6) is 0 Å². The number of halogens is 4. The third kappa shape index (κ3) is 6.45. The smallest absolute Gasteiger partial charge is 0.370 e. The molecule has 1 saturated heterocycles. The van der Waals surface area contributed by atoms with Crippen LogP contribution in [0.15, 0.2) is 23.2 Å². The number of anilines is 1. The van der Waals surface area contributed by atoms with E-state index >= 15 is 0 Å². The number of aryl methyl sites for hydroxylation is 2. The Bertz CT molecular complexity index is 786. The average Bonchev–Trinajstić information content (AvgIpc) is 2.66. The lowest BCUT2D eigenvalue weighted by Gasteiger charge is -2.30. The van der Waals surface area contributed by atoms with Gasteiger partial charge in [0.15, 0.2) is 5.96 Å². The maximum Gasteiger partial charge on any atom is 0.511 e. The SMILES string of the molecule is CCc1cccc(CC)c1NC(N)=NCC1CCN(S(=O)(=O)C(F)(F)F)CC1.I. The summed E-state index contributed by atoms with van der Waals surface area (Å²) in [6.45, 7) is 4.13. The first kappa shape index (κ1) is 26.0. The van der Waals surface area contributed by atoms with Gasteiger partial charge < -0.3 is 11.1 Å². The molecule has 0 bridgehead atoms. The number of benzene rings is 1. The number of sulfonamides is 1. The van der Waals surface area contributed by atoms with Crippen molar-refractivity contribution in [2.45, 2.75) is 45.0 Å². The summed E-state index contributed by atoms with van der Waals surface area (Å²) in [5.74, 6) is 0.244. The third-order valence-electron chi connectivity index (χ3n) is 4.98. The van der Waals surface area contributed by atoms with Crippen LogP contribution >= 0.6 is 24.0 Å². The molecule has 0 saturated carbocycles. The van der Waals surface area contributed by atoms with E-state index in [1.807, 2.05) is 18.2 Å². The number of alkyl halides is 3. The fourth-order valence-electron chi connectivity index (χ4n) is 3.28. The molecule has 1 aliphatic heterocycles. The molecule has 2 rings (SSSR count). The van der Waals surface area contributed by atoms with Gasteiger partial charge in [-0.15, -0.1) is 24.0 Å². The summed E-state index contributed by atoms with van der Waals surface area (Å²) in [5.41, 5.74) is 3.95. The lowest BCUT2D eigenvalue weighted by atomic mass is 9.98. The number of rotatable bonds is 6. The summed E-state index contributed by atoms with van der Waals surface area (Å²) in [6.07, 6.45) is 2.32. The molecule has 0 radical (unpaired) electrons. The topological polar surface area (TPSA) is 87.8 Å². The molecule has 0 spiro atoms. The van der Waals surface area contributed by atoms with Gasteiger partial charge in [-0.2, -0.15) is 17.5 Å². The molecule has 0 unspecified atom stereocenters. The molecule has 0 aliphatic carbocycles. The van der Waals surface area contributed by atoms with Gasteiger partial charge >= 0.3 is 15.5 Å². The number of hydrogen-bond acceptors (Lipinski definition) is 3. The van der Waals surface area contributed by atoms with E-state index in [9.17, 15) is 21.6 Å². The molecule has 1 heterocycles. The van der Waals surface area contributed by atoms with Crippen molar-refractivity contribution in [1.29, 1.82) is 0 Å².